The fourth-order valence-electron chi connectivity index (χ4n) is 4.21. The summed E-state index contributed by atoms with van der Waals surface area (Å²) in [6, 6.07) is 5.08. The van der Waals surface area contributed by atoms with E-state index in [2.05, 4.69) is 15.4 Å². The average Bonchev–Trinajstić information content (AvgIpc) is 3.20. The van der Waals surface area contributed by atoms with Crippen LogP contribution < -0.4 is 20.5 Å². The Labute approximate surface area is 187 Å². The van der Waals surface area contributed by atoms with Crippen LogP contribution in [0.25, 0.3) is 15.9 Å². The molecule has 1 aliphatic rings. The lowest BCUT2D eigenvalue weighted by atomic mass is 10.1. The number of carbonyl (C=O) groups excluding carboxylic acids is 1. The first kappa shape index (κ1) is 20.5. The fraction of sp³-hybridized carbons (Fsp3) is 0.364. The van der Waals surface area contributed by atoms with Gasteiger partial charge in [0.05, 0.1) is 19.6 Å². The molecule has 0 radical (unpaired) electrons. The Morgan fingerprint density at radius 3 is 2.78 bits per heavy atom. The van der Waals surface area contributed by atoms with Gasteiger partial charge in [-0.2, -0.15) is 0 Å². The Hall–Kier alpha value is -3.40. The number of carbonyl (C=O) groups is 1. The van der Waals surface area contributed by atoms with Crippen LogP contribution in [0.2, 0.25) is 0 Å². The van der Waals surface area contributed by atoms with E-state index in [0.717, 1.165) is 29.5 Å². The van der Waals surface area contributed by atoms with Gasteiger partial charge in [0.1, 0.15) is 17.7 Å². The van der Waals surface area contributed by atoms with Crippen molar-refractivity contribution in [1.82, 2.24) is 19.2 Å². The van der Waals surface area contributed by atoms with Crippen molar-refractivity contribution in [3.8, 4) is 11.5 Å². The first-order valence-electron chi connectivity index (χ1n) is 10.5. The minimum Gasteiger partial charge on any atom is -0.493 e. The van der Waals surface area contributed by atoms with E-state index < -0.39 is 0 Å². The molecule has 1 aromatic carbocycles. The maximum atomic E-state index is 12.9. The molecule has 0 spiro atoms. The van der Waals surface area contributed by atoms with Crippen LogP contribution in [0.4, 0.5) is 5.69 Å². The molecule has 0 saturated carbocycles. The van der Waals surface area contributed by atoms with E-state index in [-0.39, 0.29) is 18.1 Å². The number of thiophene rings is 1. The highest BCUT2D eigenvalue weighted by Gasteiger charge is 2.21. The molecule has 1 N–H and O–H groups in total. The summed E-state index contributed by atoms with van der Waals surface area (Å²) in [6.07, 6.45) is 7.02. The van der Waals surface area contributed by atoms with E-state index in [1.807, 2.05) is 0 Å². The third kappa shape index (κ3) is 3.50. The number of benzene rings is 1. The Kier molecular flexibility index (Phi) is 5.30. The minimum absolute atomic E-state index is 0.206. The van der Waals surface area contributed by atoms with Gasteiger partial charge in [-0.3, -0.25) is 4.79 Å². The number of methoxy groups -OCH3 is 2. The molecule has 0 atom stereocenters. The van der Waals surface area contributed by atoms with Crippen LogP contribution in [0, 0.1) is 0 Å². The second-order valence-corrected chi connectivity index (χ2v) is 8.82. The standard InChI is InChI=1S/C22H23N5O4S/c1-30-15-9-8-13(10-16(15)31-2)24-18(28)11-27-22(29)26-12-23-21-19(20(26)25-27)14-6-4-3-5-7-17(14)32-21/h8-10,12H,3-7,11H2,1-2H3,(H,24,28). The van der Waals surface area contributed by atoms with Crippen LogP contribution in [-0.4, -0.2) is 39.3 Å². The second kappa shape index (κ2) is 8.27. The smallest absolute Gasteiger partial charge is 0.352 e. The van der Waals surface area contributed by atoms with Gasteiger partial charge in [0.25, 0.3) is 0 Å². The fourth-order valence-corrected chi connectivity index (χ4v) is 5.43. The highest BCUT2D eigenvalue weighted by Crippen LogP contribution is 2.36. The normalized spacial score (nSPS) is 13.7. The maximum Gasteiger partial charge on any atom is 0.352 e. The van der Waals surface area contributed by atoms with Crippen molar-refractivity contribution in [3.63, 3.8) is 0 Å². The Morgan fingerprint density at radius 2 is 1.97 bits per heavy atom. The zero-order valence-electron chi connectivity index (χ0n) is 17.9. The lowest BCUT2D eigenvalue weighted by Gasteiger charge is -2.10. The summed E-state index contributed by atoms with van der Waals surface area (Å²) in [7, 11) is 3.07. The monoisotopic (exact) mass is 453 g/mol. The molecule has 166 valence electrons. The van der Waals surface area contributed by atoms with Crippen LogP contribution >= 0.6 is 11.3 Å². The predicted molar refractivity (Wildman–Crippen MR) is 122 cm³/mol. The molecule has 9 nitrogen and oxygen atoms in total. The van der Waals surface area contributed by atoms with Gasteiger partial charge in [-0.15, -0.1) is 16.4 Å². The van der Waals surface area contributed by atoms with Crippen molar-refractivity contribution in [3.05, 3.63) is 45.5 Å². The van der Waals surface area contributed by atoms with Crippen LogP contribution in [0.3, 0.4) is 0 Å². The van der Waals surface area contributed by atoms with Gasteiger partial charge in [0.2, 0.25) is 5.91 Å². The lowest BCUT2D eigenvalue weighted by Crippen LogP contribution is -2.28. The molecule has 0 aliphatic heterocycles. The predicted octanol–water partition coefficient (Wildman–Crippen LogP) is 3.03. The average molecular weight is 454 g/mol. The van der Waals surface area contributed by atoms with Gasteiger partial charge in [-0.25, -0.2) is 18.9 Å². The number of rotatable bonds is 5. The molecule has 0 unspecified atom stereocenters. The largest absolute Gasteiger partial charge is 0.493 e. The zero-order valence-corrected chi connectivity index (χ0v) is 18.7. The molecule has 5 rings (SSSR count). The third-order valence-electron chi connectivity index (χ3n) is 5.75. The van der Waals surface area contributed by atoms with Crippen LogP contribution in [0.5, 0.6) is 11.5 Å². The maximum absolute atomic E-state index is 12.9. The van der Waals surface area contributed by atoms with Crippen molar-refractivity contribution in [2.75, 3.05) is 19.5 Å². The molecule has 0 saturated heterocycles. The third-order valence-corrected chi connectivity index (χ3v) is 6.95. The summed E-state index contributed by atoms with van der Waals surface area (Å²) >= 11 is 1.69. The molecule has 3 aromatic heterocycles. The van der Waals surface area contributed by atoms with Crippen LogP contribution in [0.15, 0.2) is 29.3 Å². The number of ether oxygens (including phenoxy) is 2. The van der Waals surface area contributed by atoms with E-state index in [1.54, 1.807) is 36.6 Å². The summed E-state index contributed by atoms with van der Waals surface area (Å²) < 4.78 is 13.1. The molecule has 10 heteroatoms. The summed E-state index contributed by atoms with van der Waals surface area (Å²) in [4.78, 5) is 32.3. The number of nitrogens with zero attached hydrogens (tertiary/aromatic N) is 4. The first-order valence-corrected chi connectivity index (χ1v) is 11.3. The molecule has 1 aliphatic carbocycles. The topological polar surface area (TPSA) is 99.7 Å². The molecular weight excluding hydrogens is 430 g/mol. The first-order chi connectivity index (χ1) is 15.6. The van der Waals surface area contributed by atoms with Crippen LogP contribution in [-0.2, 0) is 24.2 Å². The van der Waals surface area contributed by atoms with E-state index in [9.17, 15) is 9.59 Å². The number of aromatic nitrogens is 4. The Bertz CT molecular complexity index is 1390. The second-order valence-electron chi connectivity index (χ2n) is 7.74. The molecule has 3 heterocycles. The van der Waals surface area contributed by atoms with E-state index in [4.69, 9.17) is 9.47 Å². The number of hydrogen-bond donors (Lipinski definition) is 1. The minimum atomic E-state index is -0.384. The molecule has 4 aromatic rings. The van der Waals surface area contributed by atoms with Crippen LogP contribution in [0.1, 0.15) is 29.7 Å². The number of amides is 1. The van der Waals surface area contributed by atoms with Crippen molar-refractivity contribution in [2.24, 2.45) is 0 Å². The van der Waals surface area contributed by atoms with Gasteiger partial charge in [0.15, 0.2) is 17.1 Å². The quantitative estimate of drug-likeness (QED) is 0.466. The number of anilines is 1. The number of aryl methyl sites for hydroxylation is 2. The van der Waals surface area contributed by atoms with E-state index in [0.29, 0.717) is 22.8 Å². The Balaban J connectivity index is 1.46. The Morgan fingerprint density at radius 1 is 1.16 bits per heavy atom. The molecule has 0 fully saturated rings. The zero-order chi connectivity index (χ0) is 22.2. The summed E-state index contributed by atoms with van der Waals surface area (Å²) in [6.45, 7) is -0.206. The number of nitrogens with one attached hydrogen (secondary N) is 1. The van der Waals surface area contributed by atoms with Crippen molar-refractivity contribution >= 4 is 38.8 Å². The van der Waals surface area contributed by atoms with Crippen molar-refractivity contribution in [2.45, 2.75) is 38.6 Å². The van der Waals surface area contributed by atoms with Crippen molar-refractivity contribution < 1.29 is 14.3 Å². The molecular formula is C22H23N5O4S. The van der Waals surface area contributed by atoms with Gasteiger partial charge in [-0.1, -0.05) is 6.42 Å². The van der Waals surface area contributed by atoms with E-state index in [1.165, 1.54) is 45.8 Å². The van der Waals surface area contributed by atoms with Gasteiger partial charge < -0.3 is 14.8 Å². The number of fused-ring (bicyclic) bond motifs is 5. The number of hydrogen-bond acceptors (Lipinski definition) is 7. The van der Waals surface area contributed by atoms with Crippen molar-refractivity contribution in [1.29, 1.82) is 0 Å². The van der Waals surface area contributed by atoms with Gasteiger partial charge in [-0.05, 0) is 43.4 Å². The van der Waals surface area contributed by atoms with Gasteiger partial charge >= 0.3 is 5.69 Å². The highest BCUT2D eigenvalue weighted by molar-refractivity contribution is 7.19. The lowest BCUT2D eigenvalue weighted by molar-refractivity contribution is -0.117. The van der Waals surface area contributed by atoms with E-state index >= 15 is 0 Å². The molecule has 32 heavy (non-hydrogen) atoms. The van der Waals surface area contributed by atoms with Gasteiger partial charge in [0, 0.05) is 16.6 Å². The molecule has 1 amide bonds. The summed E-state index contributed by atoms with van der Waals surface area (Å²) in [5, 5.41) is 8.25. The summed E-state index contributed by atoms with van der Waals surface area (Å²) in [5.74, 6) is 0.700. The highest BCUT2D eigenvalue weighted by atomic mass is 32.1. The molecule has 0 bridgehead atoms. The SMILES string of the molecule is COc1ccc(NC(=O)Cn2nc3c4c5c(sc4ncn3c2=O)CCCCC5)cc1OC. The summed E-state index contributed by atoms with van der Waals surface area (Å²) in [5.41, 5.74) is 1.98.